The van der Waals surface area contributed by atoms with E-state index >= 15 is 0 Å². The molecule has 0 saturated carbocycles. The largest absolute Gasteiger partial charge is 0.434 e. The predicted molar refractivity (Wildman–Crippen MR) is 114 cm³/mol. The molecule has 4 rings (SSSR count). The minimum Gasteiger partial charge on any atom is -0.298 e. The summed E-state index contributed by atoms with van der Waals surface area (Å²) in [4.78, 5) is 16.9. The van der Waals surface area contributed by atoms with E-state index in [4.69, 9.17) is 11.6 Å². The third-order valence-electron chi connectivity index (χ3n) is 4.44. The van der Waals surface area contributed by atoms with Crippen LogP contribution in [0.1, 0.15) is 21.6 Å². The van der Waals surface area contributed by atoms with Gasteiger partial charge in [-0.05, 0) is 25.1 Å². The van der Waals surface area contributed by atoms with E-state index in [-0.39, 0.29) is 10.8 Å². The number of anilines is 1. The summed E-state index contributed by atoms with van der Waals surface area (Å²) in [6.07, 6.45) is -3.89. The highest BCUT2D eigenvalue weighted by Gasteiger charge is 2.40. The van der Waals surface area contributed by atoms with Crippen molar-refractivity contribution in [3.05, 3.63) is 82.0 Å². The number of thiazole rings is 1. The van der Waals surface area contributed by atoms with Crippen LogP contribution in [0.5, 0.6) is 0 Å². The van der Waals surface area contributed by atoms with Crippen LogP contribution in [0.2, 0.25) is 5.02 Å². The van der Waals surface area contributed by atoms with E-state index in [2.05, 4.69) is 15.4 Å². The van der Waals surface area contributed by atoms with E-state index in [1.54, 1.807) is 41.8 Å². The number of benzene rings is 2. The molecule has 0 bridgehead atoms. The molecule has 1 N–H and O–H groups in total. The Morgan fingerprint density at radius 3 is 2.52 bits per heavy atom. The van der Waals surface area contributed by atoms with Crippen LogP contribution in [0, 0.1) is 6.92 Å². The van der Waals surface area contributed by atoms with Crippen LogP contribution in [0.15, 0.2) is 60.1 Å². The molecule has 2 aromatic carbocycles. The fourth-order valence-electron chi connectivity index (χ4n) is 2.96. The fourth-order valence-corrected chi connectivity index (χ4v) is 3.90. The van der Waals surface area contributed by atoms with Gasteiger partial charge >= 0.3 is 6.18 Å². The van der Waals surface area contributed by atoms with Gasteiger partial charge in [-0.2, -0.15) is 18.3 Å². The average molecular weight is 463 g/mol. The summed E-state index contributed by atoms with van der Waals surface area (Å²) in [6, 6.07) is 13.4. The SMILES string of the molecule is Cc1ccc(-n2ncc(C(=O)Nc3nc(-c4ccccc4Cl)cs3)c2C(F)(F)F)cc1. The first kappa shape index (κ1) is 21.1. The Morgan fingerprint density at radius 2 is 1.84 bits per heavy atom. The van der Waals surface area contributed by atoms with E-state index in [1.807, 2.05) is 6.92 Å². The Kier molecular flexibility index (Phi) is 5.55. The third kappa shape index (κ3) is 4.33. The molecule has 4 aromatic rings. The Hall–Kier alpha value is -3.17. The lowest BCUT2D eigenvalue weighted by Gasteiger charge is -2.12. The highest BCUT2D eigenvalue weighted by molar-refractivity contribution is 7.14. The summed E-state index contributed by atoms with van der Waals surface area (Å²) in [5.41, 5.74) is 0.508. The first-order chi connectivity index (χ1) is 14.7. The summed E-state index contributed by atoms with van der Waals surface area (Å²) >= 11 is 7.24. The standard InChI is InChI=1S/C21H14ClF3N4OS/c1-12-6-8-13(9-7-12)29-18(21(23,24)25)15(10-26-29)19(30)28-20-27-17(11-31-20)14-4-2-3-5-16(14)22/h2-11H,1H3,(H,27,28,30). The zero-order chi connectivity index (χ0) is 22.2. The van der Waals surface area contributed by atoms with Crippen molar-refractivity contribution in [3.63, 3.8) is 0 Å². The molecular weight excluding hydrogens is 449 g/mol. The molecule has 0 unspecified atom stereocenters. The second-order valence-electron chi connectivity index (χ2n) is 6.62. The highest BCUT2D eigenvalue weighted by Crippen LogP contribution is 2.35. The topological polar surface area (TPSA) is 59.8 Å². The summed E-state index contributed by atoms with van der Waals surface area (Å²) in [7, 11) is 0. The molecule has 0 spiro atoms. The normalized spacial score (nSPS) is 11.5. The van der Waals surface area contributed by atoms with Crippen LogP contribution in [0.3, 0.4) is 0 Å². The van der Waals surface area contributed by atoms with Gasteiger partial charge in [0.15, 0.2) is 10.8 Å². The molecule has 0 fully saturated rings. The maximum absolute atomic E-state index is 13.8. The molecule has 0 saturated heterocycles. The molecule has 2 aromatic heterocycles. The second kappa shape index (κ2) is 8.16. The number of aryl methyl sites for hydroxylation is 1. The highest BCUT2D eigenvalue weighted by atomic mass is 35.5. The van der Waals surface area contributed by atoms with Crippen molar-refractivity contribution in [1.82, 2.24) is 14.8 Å². The van der Waals surface area contributed by atoms with Gasteiger partial charge in [-0.25, -0.2) is 9.67 Å². The van der Waals surface area contributed by atoms with Crippen LogP contribution in [0.4, 0.5) is 18.3 Å². The average Bonchev–Trinajstić information content (AvgIpc) is 3.36. The number of aromatic nitrogens is 3. The van der Waals surface area contributed by atoms with Crippen LogP contribution in [-0.4, -0.2) is 20.7 Å². The molecule has 10 heteroatoms. The van der Waals surface area contributed by atoms with Crippen molar-refractivity contribution < 1.29 is 18.0 Å². The molecule has 0 atom stereocenters. The van der Waals surface area contributed by atoms with Gasteiger partial charge in [0.2, 0.25) is 0 Å². The molecule has 0 aliphatic rings. The molecule has 5 nitrogen and oxygen atoms in total. The van der Waals surface area contributed by atoms with Crippen molar-refractivity contribution in [3.8, 4) is 16.9 Å². The van der Waals surface area contributed by atoms with E-state index in [9.17, 15) is 18.0 Å². The zero-order valence-electron chi connectivity index (χ0n) is 15.9. The van der Waals surface area contributed by atoms with Crippen molar-refractivity contribution in [2.24, 2.45) is 0 Å². The maximum Gasteiger partial charge on any atom is 0.434 e. The van der Waals surface area contributed by atoms with Gasteiger partial charge in [-0.3, -0.25) is 10.1 Å². The van der Waals surface area contributed by atoms with Crippen LogP contribution in [0.25, 0.3) is 16.9 Å². The van der Waals surface area contributed by atoms with Crippen molar-refractivity contribution in [2.75, 3.05) is 5.32 Å². The second-order valence-corrected chi connectivity index (χ2v) is 7.89. The van der Waals surface area contributed by atoms with Gasteiger partial charge in [0.25, 0.3) is 5.91 Å². The minimum absolute atomic E-state index is 0.149. The number of halogens is 4. The quantitative estimate of drug-likeness (QED) is 0.391. The molecule has 0 aliphatic heterocycles. The van der Waals surface area contributed by atoms with E-state index in [1.165, 1.54) is 12.1 Å². The van der Waals surface area contributed by atoms with E-state index in [0.29, 0.717) is 21.0 Å². The molecule has 0 radical (unpaired) electrons. The number of alkyl halides is 3. The molecule has 0 aliphatic carbocycles. The van der Waals surface area contributed by atoms with E-state index < -0.39 is 23.3 Å². The van der Waals surface area contributed by atoms with Crippen LogP contribution < -0.4 is 5.32 Å². The summed E-state index contributed by atoms with van der Waals surface area (Å²) in [5, 5.41) is 8.53. The maximum atomic E-state index is 13.8. The number of rotatable bonds is 4. The van der Waals surface area contributed by atoms with Crippen molar-refractivity contribution in [1.29, 1.82) is 0 Å². The molecular formula is C21H14ClF3N4OS. The Balaban J connectivity index is 1.65. The minimum atomic E-state index is -4.79. The smallest absolute Gasteiger partial charge is 0.298 e. The number of carbonyl (C=O) groups excluding carboxylic acids is 1. The summed E-state index contributed by atoms with van der Waals surface area (Å²) < 4.78 is 42.1. The Morgan fingerprint density at radius 1 is 1.13 bits per heavy atom. The van der Waals surface area contributed by atoms with Gasteiger partial charge < -0.3 is 0 Å². The van der Waals surface area contributed by atoms with Gasteiger partial charge in [-0.15, -0.1) is 11.3 Å². The molecule has 1 amide bonds. The third-order valence-corrected chi connectivity index (χ3v) is 5.52. The molecule has 2 heterocycles. The number of amides is 1. The van der Waals surface area contributed by atoms with Crippen LogP contribution >= 0.6 is 22.9 Å². The summed E-state index contributed by atoms with van der Waals surface area (Å²) in [5.74, 6) is -0.953. The van der Waals surface area contributed by atoms with Crippen molar-refractivity contribution in [2.45, 2.75) is 13.1 Å². The lowest BCUT2D eigenvalue weighted by molar-refractivity contribution is -0.143. The molecule has 158 valence electrons. The number of carbonyl (C=O) groups is 1. The molecule has 31 heavy (non-hydrogen) atoms. The lowest BCUT2D eigenvalue weighted by atomic mass is 10.2. The van der Waals surface area contributed by atoms with Gasteiger partial charge in [0, 0.05) is 16.0 Å². The lowest BCUT2D eigenvalue weighted by Crippen LogP contribution is -2.20. The predicted octanol–water partition coefficient (Wildman–Crippen LogP) is 6.23. The van der Waals surface area contributed by atoms with Gasteiger partial charge in [0.05, 0.1) is 23.1 Å². The Bertz CT molecular complexity index is 1250. The first-order valence-electron chi connectivity index (χ1n) is 8.98. The van der Waals surface area contributed by atoms with Gasteiger partial charge in [0.1, 0.15) is 0 Å². The van der Waals surface area contributed by atoms with Gasteiger partial charge in [-0.1, -0.05) is 47.5 Å². The number of nitrogens with one attached hydrogen (secondary N) is 1. The Labute approximate surface area is 184 Å². The monoisotopic (exact) mass is 462 g/mol. The number of hydrogen-bond donors (Lipinski definition) is 1. The van der Waals surface area contributed by atoms with E-state index in [0.717, 1.165) is 23.1 Å². The number of hydrogen-bond acceptors (Lipinski definition) is 4. The number of nitrogens with zero attached hydrogens (tertiary/aromatic N) is 3. The first-order valence-corrected chi connectivity index (χ1v) is 10.2. The fraction of sp³-hybridized carbons (Fsp3) is 0.0952. The zero-order valence-corrected chi connectivity index (χ0v) is 17.5. The van der Waals surface area contributed by atoms with Crippen LogP contribution in [-0.2, 0) is 6.18 Å². The van der Waals surface area contributed by atoms with Crippen molar-refractivity contribution >= 4 is 34.0 Å². The summed E-state index contributed by atoms with van der Waals surface area (Å²) in [6.45, 7) is 1.82.